The maximum Gasteiger partial charge on any atom is 0.230 e. The number of rotatable bonds is 8. The van der Waals surface area contributed by atoms with E-state index in [-0.39, 0.29) is 11.9 Å². The fourth-order valence-electron chi connectivity index (χ4n) is 2.69. The Morgan fingerprint density at radius 3 is 2.65 bits per heavy atom. The third-order valence-electron chi connectivity index (χ3n) is 4.11. The van der Waals surface area contributed by atoms with E-state index >= 15 is 0 Å². The van der Waals surface area contributed by atoms with Crippen LogP contribution in [0.25, 0.3) is 0 Å². The van der Waals surface area contributed by atoms with E-state index in [1.54, 1.807) is 18.9 Å². The number of amides is 1. The number of ether oxygens (including phenoxy) is 1. The van der Waals surface area contributed by atoms with E-state index in [2.05, 4.69) is 39.1 Å². The molecule has 1 atom stereocenters. The predicted molar refractivity (Wildman–Crippen MR) is 112 cm³/mol. The van der Waals surface area contributed by atoms with Gasteiger partial charge in [-0.25, -0.2) is 0 Å². The van der Waals surface area contributed by atoms with Crippen LogP contribution in [0.5, 0.6) is 5.75 Å². The molecule has 0 aliphatic heterocycles. The SMILES string of the molecule is COc1ccccc1C(CNC(=O)CSc1ccc(Br)cc1C)N(C)C. The summed E-state index contributed by atoms with van der Waals surface area (Å²) in [6.45, 7) is 2.58. The molecule has 0 spiro atoms. The van der Waals surface area contributed by atoms with Crippen molar-refractivity contribution in [2.75, 3.05) is 33.5 Å². The van der Waals surface area contributed by atoms with Crippen molar-refractivity contribution < 1.29 is 9.53 Å². The fourth-order valence-corrected chi connectivity index (χ4v) is 4.01. The Hall–Kier alpha value is -1.50. The molecule has 26 heavy (non-hydrogen) atoms. The lowest BCUT2D eigenvalue weighted by molar-refractivity contribution is -0.118. The molecule has 4 nitrogen and oxygen atoms in total. The first-order valence-electron chi connectivity index (χ1n) is 8.37. The third kappa shape index (κ3) is 5.76. The Morgan fingerprint density at radius 2 is 2.00 bits per heavy atom. The van der Waals surface area contributed by atoms with Gasteiger partial charge in [0.25, 0.3) is 0 Å². The van der Waals surface area contributed by atoms with Crippen LogP contribution in [-0.4, -0.2) is 44.3 Å². The summed E-state index contributed by atoms with van der Waals surface area (Å²) >= 11 is 5.02. The van der Waals surface area contributed by atoms with Crippen LogP contribution in [0.15, 0.2) is 51.8 Å². The number of hydrogen-bond acceptors (Lipinski definition) is 4. The van der Waals surface area contributed by atoms with E-state index in [0.29, 0.717) is 12.3 Å². The number of methoxy groups -OCH3 is 1. The van der Waals surface area contributed by atoms with E-state index < -0.39 is 0 Å². The molecule has 0 radical (unpaired) electrons. The second-order valence-corrected chi connectivity index (χ2v) is 8.16. The Morgan fingerprint density at radius 1 is 1.27 bits per heavy atom. The van der Waals surface area contributed by atoms with Crippen molar-refractivity contribution in [3.63, 3.8) is 0 Å². The topological polar surface area (TPSA) is 41.6 Å². The predicted octanol–water partition coefficient (Wildman–Crippen LogP) is 4.28. The molecule has 2 aromatic carbocycles. The first-order chi connectivity index (χ1) is 12.4. The van der Waals surface area contributed by atoms with Crippen molar-refractivity contribution in [2.45, 2.75) is 17.9 Å². The number of carbonyl (C=O) groups excluding carboxylic acids is 1. The number of likely N-dealkylation sites (N-methyl/N-ethyl adjacent to an activating group) is 1. The number of benzene rings is 2. The smallest absolute Gasteiger partial charge is 0.230 e. The Bertz CT molecular complexity index is 752. The highest BCUT2D eigenvalue weighted by Crippen LogP contribution is 2.28. The zero-order valence-corrected chi connectivity index (χ0v) is 18.0. The highest BCUT2D eigenvalue weighted by Gasteiger charge is 2.19. The van der Waals surface area contributed by atoms with Gasteiger partial charge in [0.2, 0.25) is 5.91 Å². The number of aryl methyl sites for hydroxylation is 1. The second kappa shape index (κ2) is 10.00. The van der Waals surface area contributed by atoms with Crippen LogP contribution >= 0.6 is 27.7 Å². The molecule has 0 fully saturated rings. The van der Waals surface area contributed by atoms with Gasteiger partial charge in [-0.05, 0) is 50.8 Å². The summed E-state index contributed by atoms with van der Waals surface area (Å²) in [4.78, 5) is 15.5. The average Bonchev–Trinajstić information content (AvgIpc) is 2.61. The number of nitrogens with one attached hydrogen (secondary N) is 1. The lowest BCUT2D eigenvalue weighted by Crippen LogP contribution is -2.35. The summed E-state index contributed by atoms with van der Waals surface area (Å²) in [6.07, 6.45) is 0. The molecular formula is C20H25BrN2O2S. The minimum absolute atomic E-state index is 0.0269. The molecule has 2 aromatic rings. The summed E-state index contributed by atoms with van der Waals surface area (Å²) in [5.41, 5.74) is 2.23. The zero-order valence-electron chi connectivity index (χ0n) is 15.6. The maximum atomic E-state index is 12.3. The molecule has 0 aliphatic carbocycles. The Balaban J connectivity index is 1.95. The van der Waals surface area contributed by atoms with Gasteiger partial charge in [-0.3, -0.25) is 4.79 Å². The van der Waals surface area contributed by atoms with Crippen LogP contribution in [0.3, 0.4) is 0 Å². The van der Waals surface area contributed by atoms with Gasteiger partial charge in [-0.2, -0.15) is 0 Å². The fraction of sp³-hybridized carbons (Fsp3) is 0.350. The minimum Gasteiger partial charge on any atom is -0.496 e. The molecule has 140 valence electrons. The lowest BCUT2D eigenvalue weighted by atomic mass is 10.0. The van der Waals surface area contributed by atoms with E-state index in [0.717, 1.165) is 26.2 Å². The van der Waals surface area contributed by atoms with Crippen molar-refractivity contribution >= 4 is 33.6 Å². The van der Waals surface area contributed by atoms with Crippen LogP contribution in [0.1, 0.15) is 17.2 Å². The van der Waals surface area contributed by atoms with Gasteiger partial charge in [0.15, 0.2) is 0 Å². The van der Waals surface area contributed by atoms with Crippen LogP contribution in [-0.2, 0) is 4.79 Å². The normalized spacial score (nSPS) is 12.1. The number of carbonyl (C=O) groups is 1. The minimum atomic E-state index is 0.0269. The number of para-hydroxylation sites is 1. The molecule has 6 heteroatoms. The molecular weight excluding hydrogens is 412 g/mol. The summed E-state index contributed by atoms with van der Waals surface area (Å²) in [5.74, 6) is 1.26. The van der Waals surface area contributed by atoms with Gasteiger partial charge >= 0.3 is 0 Å². The van der Waals surface area contributed by atoms with Crippen molar-refractivity contribution in [3.8, 4) is 5.75 Å². The number of hydrogen-bond donors (Lipinski definition) is 1. The standard InChI is InChI=1S/C20H25BrN2O2S/c1-14-11-15(21)9-10-19(14)26-13-20(24)22-12-17(23(2)3)16-7-5-6-8-18(16)25-4/h5-11,17H,12-13H2,1-4H3,(H,22,24). The van der Waals surface area contributed by atoms with Crippen molar-refractivity contribution in [2.24, 2.45) is 0 Å². The van der Waals surface area contributed by atoms with Gasteiger partial charge in [-0.15, -0.1) is 11.8 Å². The molecule has 1 unspecified atom stereocenters. The van der Waals surface area contributed by atoms with Crippen LogP contribution < -0.4 is 10.1 Å². The number of thioether (sulfide) groups is 1. The van der Waals surface area contributed by atoms with Crippen molar-refractivity contribution in [1.29, 1.82) is 0 Å². The van der Waals surface area contributed by atoms with Gasteiger partial charge in [0.05, 0.1) is 18.9 Å². The van der Waals surface area contributed by atoms with Gasteiger partial charge in [-0.1, -0.05) is 34.1 Å². The molecule has 2 rings (SSSR count). The van der Waals surface area contributed by atoms with Crippen molar-refractivity contribution in [1.82, 2.24) is 10.2 Å². The quantitative estimate of drug-likeness (QED) is 0.627. The molecule has 0 bridgehead atoms. The Kier molecular flexibility index (Phi) is 8.00. The zero-order chi connectivity index (χ0) is 19.1. The third-order valence-corrected chi connectivity index (χ3v) is 5.78. The van der Waals surface area contributed by atoms with Gasteiger partial charge in [0, 0.05) is 21.5 Å². The molecule has 0 saturated carbocycles. The Labute approximate surface area is 168 Å². The summed E-state index contributed by atoms with van der Waals surface area (Å²) in [5, 5.41) is 3.05. The average molecular weight is 437 g/mol. The molecule has 1 amide bonds. The molecule has 0 heterocycles. The van der Waals surface area contributed by atoms with Crippen LogP contribution in [0.2, 0.25) is 0 Å². The van der Waals surface area contributed by atoms with E-state index in [9.17, 15) is 4.79 Å². The van der Waals surface area contributed by atoms with E-state index in [4.69, 9.17) is 4.74 Å². The molecule has 0 aliphatic rings. The van der Waals surface area contributed by atoms with Gasteiger partial charge < -0.3 is 15.0 Å². The summed E-state index contributed by atoms with van der Waals surface area (Å²) < 4.78 is 6.51. The second-order valence-electron chi connectivity index (χ2n) is 6.22. The summed E-state index contributed by atoms with van der Waals surface area (Å²) in [7, 11) is 5.67. The van der Waals surface area contributed by atoms with E-state index in [1.165, 1.54) is 0 Å². The van der Waals surface area contributed by atoms with Crippen LogP contribution in [0, 0.1) is 6.92 Å². The number of nitrogens with zero attached hydrogens (tertiary/aromatic N) is 1. The number of halogens is 1. The van der Waals surface area contributed by atoms with Crippen molar-refractivity contribution in [3.05, 3.63) is 58.1 Å². The molecule has 0 aromatic heterocycles. The van der Waals surface area contributed by atoms with E-state index in [1.807, 2.05) is 50.5 Å². The maximum absolute atomic E-state index is 12.3. The molecule has 1 N–H and O–H groups in total. The molecule has 0 saturated heterocycles. The largest absolute Gasteiger partial charge is 0.496 e. The lowest BCUT2D eigenvalue weighted by Gasteiger charge is -2.26. The van der Waals surface area contributed by atoms with Crippen LogP contribution in [0.4, 0.5) is 0 Å². The first-order valence-corrected chi connectivity index (χ1v) is 10.1. The monoisotopic (exact) mass is 436 g/mol. The highest BCUT2D eigenvalue weighted by atomic mass is 79.9. The van der Waals surface area contributed by atoms with Gasteiger partial charge in [0.1, 0.15) is 5.75 Å². The highest BCUT2D eigenvalue weighted by molar-refractivity contribution is 9.10. The summed E-state index contributed by atoms with van der Waals surface area (Å²) in [6, 6.07) is 14.1. The first kappa shape index (κ1) is 20.8.